The van der Waals surface area contributed by atoms with Crippen LogP contribution in [0.3, 0.4) is 0 Å². The molecule has 0 bridgehead atoms. The fraction of sp³-hybridized carbons (Fsp3) is 0.750. The van der Waals surface area contributed by atoms with Crippen LogP contribution in [0.4, 0.5) is 0 Å². The second kappa shape index (κ2) is 10.0. The van der Waals surface area contributed by atoms with Crippen molar-refractivity contribution in [3.63, 3.8) is 0 Å². The Bertz CT molecular complexity index is 242. The fourth-order valence-corrected chi connectivity index (χ4v) is 2.26. The number of allylic oxidation sites excluding steroid dienone is 2. The molecule has 1 aliphatic rings. The first-order valence-corrected chi connectivity index (χ1v) is 7.68. The number of hydrogen-bond acceptors (Lipinski definition) is 2. The van der Waals surface area contributed by atoms with Crippen molar-refractivity contribution >= 4 is 0 Å². The van der Waals surface area contributed by atoms with Crippen molar-refractivity contribution in [1.29, 1.82) is 0 Å². The van der Waals surface area contributed by atoms with Gasteiger partial charge in [-0.25, -0.2) is 0 Å². The maximum Gasteiger partial charge on any atom is 0.122 e. The molecule has 0 amide bonds. The van der Waals surface area contributed by atoms with Gasteiger partial charge in [-0.1, -0.05) is 52.4 Å². The van der Waals surface area contributed by atoms with Crippen LogP contribution in [0.2, 0.25) is 0 Å². The van der Waals surface area contributed by atoms with Crippen LogP contribution in [0.25, 0.3) is 0 Å². The first-order chi connectivity index (χ1) is 8.88. The molecule has 0 atom stereocenters. The number of rotatable bonds is 10. The molecule has 0 aromatic rings. The third-order valence-electron chi connectivity index (χ3n) is 3.41. The minimum Gasteiger partial charge on any atom is -0.466 e. The molecule has 0 fully saturated rings. The molecule has 2 heteroatoms. The summed E-state index contributed by atoms with van der Waals surface area (Å²) < 4.78 is 5.66. The first kappa shape index (κ1) is 15.1. The molecule has 0 unspecified atom stereocenters. The summed E-state index contributed by atoms with van der Waals surface area (Å²) in [5.41, 5.74) is 1.31. The van der Waals surface area contributed by atoms with Crippen LogP contribution in [0, 0.1) is 0 Å². The van der Waals surface area contributed by atoms with Gasteiger partial charge in [-0.2, -0.15) is 0 Å². The van der Waals surface area contributed by atoms with Crippen molar-refractivity contribution in [2.75, 3.05) is 0 Å². The molecule has 0 aromatic heterocycles. The van der Waals surface area contributed by atoms with E-state index in [0.29, 0.717) is 0 Å². The predicted molar refractivity (Wildman–Crippen MR) is 77.9 cm³/mol. The zero-order chi connectivity index (χ0) is 13.1. The summed E-state index contributed by atoms with van der Waals surface area (Å²) in [7, 11) is 0. The predicted octanol–water partition coefficient (Wildman–Crippen LogP) is 5.23. The Morgan fingerprint density at radius 2 is 1.56 bits per heavy atom. The highest BCUT2D eigenvalue weighted by molar-refractivity contribution is 5.13. The molecule has 0 spiro atoms. The molecule has 0 aliphatic carbocycles. The molecular weight excluding hydrogens is 222 g/mol. The molecule has 1 aliphatic heterocycles. The second-order valence-corrected chi connectivity index (χ2v) is 5.09. The topological polar surface area (TPSA) is 21.3 Å². The van der Waals surface area contributed by atoms with Crippen LogP contribution in [-0.2, 0) is 4.74 Å². The van der Waals surface area contributed by atoms with E-state index in [4.69, 9.17) is 4.74 Å². The number of hydrogen-bond donors (Lipinski definition) is 1. The van der Waals surface area contributed by atoms with Crippen LogP contribution in [0.15, 0.2) is 23.9 Å². The quantitative estimate of drug-likeness (QED) is 0.537. The highest BCUT2D eigenvalue weighted by Gasteiger charge is 2.10. The van der Waals surface area contributed by atoms with Crippen LogP contribution in [0.5, 0.6) is 0 Å². The third kappa shape index (κ3) is 6.13. The van der Waals surface area contributed by atoms with Crippen molar-refractivity contribution in [1.82, 2.24) is 5.32 Å². The largest absolute Gasteiger partial charge is 0.466 e. The summed E-state index contributed by atoms with van der Waals surface area (Å²) in [6.07, 6.45) is 16.3. The number of unbranched alkanes of at least 4 members (excludes halogenated alkanes) is 6. The Balaban J connectivity index is 2.29. The van der Waals surface area contributed by atoms with E-state index in [2.05, 4.69) is 19.2 Å². The molecule has 1 heterocycles. The first-order valence-electron chi connectivity index (χ1n) is 7.68. The van der Waals surface area contributed by atoms with Crippen molar-refractivity contribution in [2.45, 2.75) is 78.1 Å². The molecule has 1 N–H and O–H groups in total. The lowest BCUT2D eigenvalue weighted by Gasteiger charge is -2.18. The van der Waals surface area contributed by atoms with E-state index in [-0.39, 0.29) is 0 Å². The van der Waals surface area contributed by atoms with E-state index >= 15 is 0 Å². The standard InChI is InChI=1S/C16H29NO/c1-3-5-7-9-11-15-16(18-14-13-17-15)12-10-8-6-4-2/h13-14,17H,3-12H2,1-2H3. The average molecular weight is 251 g/mol. The van der Waals surface area contributed by atoms with Gasteiger partial charge in [0.25, 0.3) is 0 Å². The molecule has 0 radical (unpaired) electrons. The van der Waals surface area contributed by atoms with Crippen molar-refractivity contribution < 1.29 is 4.74 Å². The van der Waals surface area contributed by atoms with Crippen LogP contribution >= 0.6 is 0 Å². The van der Waals surface area contributed by atoms with Gasteiger partial charge in [0.05, 0.1) is 5.70 Å². The van der Waals surface area contributed by atoms with Gasteiger partial charge in [-0.3, -0.25) is 0 Å². The van der Waals surface area contributed by atoms with Gasteiger partial charge >= 0.3 is 0 Å². The number of ether oxygens (including phenoxy) is 1. The van der Waals surface area contributed by atoms with Crippen molar-refractivity contribution in [2.24, 2.45) is 0 Å². The highest BCUT2D eigenvalue weighted by atomic mass is 16.5. The number of nitrogens with one attached hydrogen (secondary N) is 1. The minimum atomic E-state index is 1.08. The van der Waals surface area contributed by atoms with Gasteiger partial charge in [0.15, 0.2) is 0 Å². The Morgan fingerprint density at radius 3 is 2.22 bits per heavy atom. The summed E-state index contributed by atoms with van der Waals surface area (Å²) in [5, 5.41) is 3.36. The Morgan fingerprint density at radius 1 is 0.889 bits per heavy atom. The van der Waals surface area contributed by atoms with Crippen LogP contribution in [-0.4, -0.2) is 0 Å². The molecule has 1 rings (SSSR count). The monoisotopic (exact) mass is 251 g/mol. The van der Waals surface area contributed by atoms with Crippen molar-refractivity contribution in [3.05, 3.63) is 23.9 Å². The molecule has 0 saturated carbocycles. The lowest BCUT2D eigenvalue weighted by Crippen LogP contribution is -2.13. The van der Waals surface area contributed by atoms with E-state index < -0.39 is 0 Å². The van der Waals surface area contributed by atoms with Gasteiger partial charge in [0, 0.05) is 12.6 Å². The highest BCUT2D eigenvalue weighted by Crippen LogP contribution is 2.21. The maximum atomic E-state index is 5.66. The van der Waals surface area contributed by atoms with Gasteiger partial charge in [-0.15, -0.1) is 0 Å². The maximum absolute atomic E-state index is 5.66. The third-order valence-corrected chi connectivity index (χ3v) is 3.41. The molecule has 18 heavy (non-hydrogen) atoms. The minimum absolute atomic E-state index is 1.08. The summed E-state index contributed by atoms with van der Waals surface area (Å²) in [6, 6.07) is 0. The smallest absolute Gasteiger partial charge is 0.122 e. The lowest BCUT2D eigenvalue weighted by atomic mass is 10.1. The fourth-order valence-electron chi connectivity index (χ4n) is 2.26. The summed E-state index contributed by atoms with van der Waals surface area (Å²) in [6.45, 7) is 4.50. The zero-order valence-corrected chi connectivity index (χ0v) is 12.1. The van der Waals surface area contributed by atoms with Crippen LogP contribution < -0.4 is 5.32 Å². The van der Waals surface area contributed by atoms with Crippen LogP contribution in [0.1, 0.15) is 78.1 Å². The Kier molecular flexibility index (Phi) is 8.45. The normalized spacial score (nSPS) is 14.6. The molecule has 0 aromatic carbocycles. The van der Waals surface area contributed by atoms with E-state index in [9.17, 15) is 0 Å². The summed E-state index contributed by atoms with van der Waals surface area (Å²) in [4.78, 5) is 0. The van der Waals surface area contributed by atoms with E-state index in [0.717, 1.165) is 12.8 Å². The summed E-state index contributed by atoms with van der Waals surface area (Å²) >= 11 is 0. The average Bonchev–Trinajstić information content (AvgIpc) is 2.41. The summed E-state index contributed by atoms with van der Waals surface area (Å²) in [5.74, 6) is 1.17. The van der Waals surface area contributed by atoms with Gasteiger partial charge < -0.3 is 10.1 Å². The van der Waals surface area contributed by atoms with E-state index in [1.165, 1.54) is 62.8 Å². The van der Waals surface area contributed by atoms with Gasteiger partial charge in [0.2, 0.25) is 0 Å². The molecule has 0 saturated heterocycles. The Hall–Kier alpha value is -0.920. The molecule has 104 valence electrons. The lowest BCUT2D eigenvalue weighted by molar-refractivity contribution is 0.305. The van der Waals surface area contributed by atoms with E-state index in [1.807, 2.05) is 6.20 Å². The SMILES string of the molecule is CCCCCCC1=C(CCCCCC)OC=CN1. The van der Waals surface area contributed by atoms with Gasteiger partial charge in [0.1, 0.15) is 12.0 Å². The second-order valence-electron chi connectivity index (χ2n) is 5.09. The van der Waals surface area contributed by atoms with Crippen molar-refractivity contribution in [3.8, 4) is 0 Å². The Labute approximate surface area is 112 Å². The zero-order valence-electron chi connectivity index (χ0n) is 12.1. The van der Waals surface area contributed by atoms with E-state index in [1.54, 1.807) is 6.26 Å². The molecular formula is C16H29NO. The van der Waals surface area contributed by atoms with Gasteiger partial charge in [-0.05, 0) is 19.3 Å². The molecule has 2 nitrogen and oxygen atoms in total.